The molecule has 74 valence electrons. The first-order chi connectivity index (χ1) is 6.66. The van der Waals surface area contributed by atoms with Crippen molar-refractivity contribution in [1.29, 1.82) is 0 Å². The van der Waals surface area contributed by atoms with Gasteiger partial charge in [0, 0.05) is 5.56 Å². The summed E-state index contributed by atoms with van der Waals surface area (Å²) in [6.45, 7) is 0. The molecule has 6 heteroatoms. The highest BCUT2D eigenvalue weighted by Crippen LogP contribution is 2.05. The lowest BCUT2D eigenvalue weighted by molar-refractivity contribution is -0.547. The Morgan fingerprint density at radius 2 is 2.00 bits per heavy atom. The third-order valence-corrected chi connectivity index (χ3v) is 1.62. The van der Waals surface area contributed by atoms with E-state index in [4.69, 9.17) is 10.3 Å². The minimum Gasteiger partial charge on any atom is -0.410 e. The van der Waals surface area contributed by atoms with E-state index >= 15 is 0 Å². The van der Waals surface area contributed by atoms with Crippen LogP contribution in [0.3, 0.4) is 0 Å². The van der Waals surface area contributed by atoms with Gasteiger partial charge in [0.2, 0.25) is 0 Å². The second-order valence-electron chi connectivity index (χ2n) is 2.51. The third-order valence-electron chi connectivity index (χ3n) is 1.62. The maximum atomic E-state index is 10.2. The lowest BCUT2D eigenvalue weighted by Gasteiger charge is -2.04. The van der Waals surface area contributed by atoms with E-state index in [-0.39, 0.29) is 5.71 Å². The van der Waals surface area contributed by atoms with E-state index in [2.05, 4.69) is 5.16 Å². The highest BCUT2D eigenvalue weighted by atomic mass is 16.7. The molecule has 0 spiro atoms. The first-order valence-corrected chi connectivity index (χ1v) is 3.75. The number of nitrogens with zero attached hydrogens (tertiary/aromatic N) is 2. The van der Waals surface area contributed by atoms with Gasteiger partial charge < -0.3 is 10.3 Å². The number of oxime groups is 1. The molecule has 1 aromatic rings. The molecule has 6 nitrogen and oxygen atoms in total. The van der Waals surface area contributed by atoms with Gasteiger partial charge in [0.25, 0.3) is 0 Å². The Morgan fingerprint density at radius 3 is 2.43 bits per heavy atom. The SMILES string of the molecule is O=[N+]([O-])C(O)C(=NO)c1ccccc1. The van der Waals surface area contributed by atoms with Crippen molar-refractivity contribution in [1.82, 2.24) is 0 Å². The van der Waals surface area contributed by atoms with Crippen molar-refractivity contribution in [2.75, 3.05) is 0 Å². The van der Waals surface area contributed by atoms with E-state index in [1.165, 1.54) is 12.1 Å². The van der Waals surface area contributed by atoms with Crippen LogP contribution in [0.5, 0.6) is 0 Å². The summed E-state index contributed by atoms with van der Waals surface area (Å²) in [7, 11) is 0. The number of aliphatic hydroxyl groups excluding tert-OH is 1. The third kappa shape index (κ3) is 2.05. The molecule has 0 amide bonds. The molecule has 14 heavy (non-hydrogen) atoms. The Hall–Kier alpha value is -1.95. The van der Waals surface area contributed by atoms with Crippen molar-refractivity contribution in [2.45, 2.75) is 6.23 Å². The summed E-state index contributed by atoms with van der Waals surface area (Å²) in [5.74, 6) is 0. The predicted octanol–water partition coefficient (Wildman–Crippen LogP) is 0.460. The van der Waals surface area contributed by atoms with Gasteiger partial charge in [0.15, 0.2) is 5.71 Å². The van der Waals surface area contributed by atoms with E-state index in [9.17, 15) is 10.1 Å². The smallest absolute Gasteiger partial charge is 0.360 e. The lowest BCUT2D eigenvalue weighted by atomic mass is 10.1. The molecule has 0 saturated carbocycles. The fourth-order valence-corrected chi connectivity index (χ4v) is 0.967. The Labute approximate surface area is 79.3 Å². The minimum atomic E-state index is -2.01. The number of benzene rings is 1. The topological polar surface area (TPSA) is 96.0 Å². The summed E-state index contributed by atoms with van der Waals surface area (Å²) in [6.07, 6.45) is -2.01. The molecule has 0 aliphatic heterocycles. The van der Waals surface area contributed by atoms with Gasteiger partial charge in [-0.15, -0.1) is 0 Å². The Kier molecular flexibility index (Phi) is 3.14. The molecule has 0 aliphatic rings. The van der Waals surface area contributed by atoms with Gasteiger partial charge in [-0.2, -0.15) is 0 Å². The van der Waals surface area contributed by atoms with Crippen LogP contribution in [-0.2, 0) is 0 Å². The molecule has 2 N–H and O–H groups in total. The lowest BCUT2D eigenvalue weighted by Crippen LogP contribution is -2.29. The number of rotatable bonds is 3. The predicted molar refractivity (Wildman–Crippen MR) is 47.8 cm³/mol. The van der Waals surface area contributed by atoms with E-state index < -0.39 is 11.2 Å². The van der Waals surface area contributed by atoms with E-state index in [0.717, 1.165) is 0 Å². The number of aliphatic hydroxyl groups is 1. The van der Waals surface area contributed by atoms with E-state index in [1.54, 1.807) is 18.2 Å². The maximum absolute atomic E-state index is 10.2. The Morgan fingerprint density at radius 1 is 1.43 bits per heavy atom. The van der Waals surface area contributed by atoms with Crippen LogP contribution in [0.2, 0.25) is 0 Å². The molecule has 1 aromatic carbocycles. The van der Waals surface area contributed by atoms with Gasteiger partial charge in [-0.3, -0.25) is 10.1 Å². The van der Waals surface area contributed by atoms with Crippen LogP contribution < -0.4 is 0 Å². The summed E-state index contributed by atoms with van der Waals surface area (Å²) >= 11 is 0. The molecule has 1 atom stereocenters. The molecule has 0 saturated heterocycles. The number of hydrogen-bond acceptors (Lipinski definition) is 5. The van der Waals surface area contributed by atoms with Crippen LogP contribution in [-0.4, -0.2) is 27.2 Å². The fourth-order valence-electron chi connectivity index (χ4n) is 0.967. The summed E-state index contributed by atoms with van der Waals surface area (Å²) in [4.78, 5) is 9.29. The first kappa shape index (κ1) is 10.1. The molecule has 0 aromatic heterocycles. The highest BCUT2D eigenvalue weighted by Gasteiger charge is 2.25. The highest BCUT2D eigenvalue weighted by molar-refractivity contribution is 6.02. The van der Waals surface area contributed by atoms with Gasteiger partial charge in [0.05, 0.1) is 4.92 Å². The Bertz CT molecular complexity index is 350. The number of hydrogen-bond donors (Lipinski definition) is 2. The van der Waals surface area contributed by atoms with Gasteiger partial charge in [-0.1, -0.05) is 35.5 Å². The van der Waals surface area contributed by atoms with Crippen molar-refractivity contribution in [3.05, 3.63) is 46.0 Å². The molecule has 1 unspecified atom stereocenters. The molecule has 0 fully saturated rings. The van der Waals surface area contributed by atoms with Crippen molar-refractivity contribution >= 4 is 5.71 Å². The molecule has 0 aliphatic carbocycles. The van der Waals surface area contributed by atoms with Crippen LogP contribution in [0.1, 0.15) is 5.56 Å². The molecular weight excluding hydrogens is 188 g/mol. The van der Waals surface area contributed by atoms with E-state index in [0.29, 0.717) is 5.56 Å². The van der Waals surface area contributed by atoms with Crippen molar-refractivity contribution in [3.63, 3.8) is 0 Å². The van der Waals surface area contributed by atoms with Gasteiger partial charge in [-0.05, 0) is 0 Å². The average Bonchev–Trinajstić information content (AvgIpc) is 2.20. The van der Waals surface area contributed by atoms with Gasteiger partial charge in [-0.25, -0.2) is 0 Å². The van der Waals surface area contributed by atoms with Crippen molar-refractivity contribution in [2.24, 2.45) is 5.16 Å². The normalized spacial score (nSPS) is 13.6. The molecule has 0 bridgehead atoms. The summed E-state index contributed by atoms with van der Waals surface area (Å²) in [5.41, 5.74) is -0.0743. The van der Waals surface area contributed by atoms with Crippen LogP contribution >= 0.6 is 0 Å². The zero-order valence-corrected chi connectivity index (χ0v) is 7.07. The average molecular weight is 196 g/mol. The zero-order chi connectivity index (χ0) is 10.6. The van der Waals surface area contributed by atoms with Gasteiger partial charge >= 0.3 is 6.23 Å². The van der Waals surface area contributed by atoms with Crippen LogP contribution in [0, 0.1) is 10.1 Å². The summed E-state index contributed by atoms with van der Waals surface area (Å²) in [5, 5.41) is 30.5. The Balaban J connectivity index is 3.01. The molecule has 0 radical (unpaired) electrons. The standard InChI is InChI=1S/C8H8N2O4/c11-8(10(13)14)7(9-12)6-4-2-1-3-5-6/h1-5,8,11-12H. The zero-order valence-electron chi connectivity index (χ0n) is 7.07. The van der Waals surface area contributed by atoms with Crippen LogP contribution in [0.4, 0.5) is 0 Å². The largest absolute Gasteiger partial charge is 0.410 e. The monoisotopic (exact) mass is 196 g/mol. The quantitative estimate of drug-likeness (QED) is 0.241. The minimum absolute atomic E-state index is 0.305. The van der Waals surface area contributed by atoms with Crippen molar-refractivity contribution in [3.8, 4) is 0 Å². The van der Waals surface area contributed by atoms with Crippen molar-refractivity contribution < 1.29 is 15.2 Å². The summed E-state index contributed by atoms with van der Waals surface area (Å²) in [6, 6.07) is 7.95. The second-order valence-corrected chi connectivity index (χ2v) is 2.51. The summed E-state index contributed by atoms with van der Waals surface area (Å²) < 4.78 is 0. The molecule has 0 heterocycles. The first-order valence-electron chi connectivity index (χ1n) is 3.75. The van der Waals surface area contributed by atoms with Crippen LogP contribution in [0.25, 0.3) is 0 Å². The molecule has 1 rings (SSSR count). The maximum Gasteiger partial charge on any atom is 0.360 e. The fraction of sp³-hybridized carbons (Fsp3) is 0.125. The van der Waals surface area contributed by atoms with E-state index in [1.807, 2.05) is 0 Å². The molecular formula is C8H8N2O4. The number of nitro groups is 1. The second kappa shape index (κ2) is 4.33. The van der Waals surface area contributed by atoms with Crippen LogP contribution in [0.15, 0.2) is 35.5 Å². The van der Waals surface area contributed by atoms with Gasteiger partial charge in [0.1, 0.15) is 0 Å².